The van der Waals surface area contributed by atoms with Gasteiger partial charge >= 0.3 is 17.9 Å². The molecule has 0 bridgehead atoms. The Hall–Kier alpha value is -4.75. The normalized spacial score (nSPS) is 10.7. The highest BCUT2D eigenvalue weighted by Gasteiger charge is 2.12. The summed E-state index contributed by atoms with van der Waals surface area (Å²) in [6, 6.07) is 19.7. The maximum Gasteiger partial charge on any atom is 0.307 e. The number of carbonyl (C=O) groups is 11. The molecule has 0 aromatic heterocycles. The molecule has 0 spiro atoms. The molecule has 0 saturated heterocycles. The second kappa shape index (κ2) is 43.1. The molecular formula is C47H65N3O14S6. The summed E-state index contributed by atoms with van der Waals surface area (Å²) in [5.74, 6) is -1.50. The van der Waals surface area contributed by atoms with Gasteiger partial charge in [0.05, 0.1) is 37.4 Å². The summed E-state index contributed by atoms with van der Waals surface area (Å²) in [6.07, 6.45) is 0.115. The predicted octanol–water partition coefficient (Wildman–Crippen LogP) is 6.13. The van der Waals surface area contributed by atoms with Crippen LogP contribution < -0.4 is 16.8 Å². The minimum atomic E-state index is -0.850. The molecule has 0 radical (unpaired) electrons. The van der Waals surface area contributed by atoms with Crippen LogP contribution in [-0.2, 0) is 72.0 Å². The molecule has 0 aliphatic rings. The fourth-order valence-electron chi connectivity index (χ4n) is 3.79. The molecule has 3 aromatic carbocycles. The Kier molecular flexibility index (Phi) is 44.2. The molecule has 0 aliphatic heterocycles. The zero-order valence-corrected chi connectivity index (χ0v) is 45.6. The average molecular weight is 1090 g/mol. The van der Waals surface area contributed by atoms with Crippen LogP contribution in [0.2, 0.25) is 0 Å². The number of aliphatic carboxylic acids is 3. The SMILES string of the molecule is CC(=O)C(N)CS.CC(=O)N[C@@H](CS)C(C)=O.CC(=O)SC[C@H](N)C(C)=O.CC(=O)Sc1ccc(CC(=O)O)cc1.CC(=O)Sc1ccc(CC(=O)O)cc1.CC(C)=O.O=C(O)Cc1ccc(S)cc1. The van der Waals surface area contributed by atoms with E-state index in [-0.39, 0.29) is 69.7 Å². The van der Waals surface area contributed by atoms with Crippen LogP contribution >= 0.6 is 73.2 Å². The highest BCUT2D eigenvalue weighted by Crippen LogP contribution is 2.20. The van der Waals surface area contributed by atoms with Gasteiger partial charge in [-0.2, -0.15) is 25.3 Å². The first-order chi connectivity index (χ1) is 32.4. The van der Waals surface area contributed by atoms with Crippen LogP contribution in [0, 0.1) is 0 Å². The lowest BCUT2D eigenvalue weighted by molar-refractivity contribution is -0.137. The molecule has 388 valence electrons. The van der Waals surface area contributed by atoms with Crippen molar-refractivity contribution in [3.8, 4) is 0 Å². The van der Waals surface area contributed by atoms with E-state index < -0.39 is 30.0 Å². The molecule has 0 fully saturated rings. The molecule has 17 nitrogen and oxygen atoms in total. The fraction of sp³-hybridized carbons (Fsp3) is 0.383. The third-order valence-corrected chi connectivity index (χ3v) is 10.7. The molecular weight excluding hydrogens is 1020 g/mol. The number of rotatable bonds is 16. The van der Waals surface area contributed by atoms with Crippen molar-refractivity contribution in [2.75, 3.05) is 17.3 Å². The number of hydrogen-bond acceptors (Lipinski definition) is 19. The van der Waals surface area contributed by atoms with Gasteiger partial charge in [-0.25, -0.2) is 0 Å². The number of carboxylic acid groups (broad SMARTS) is 3. The van der Waals surface area contributed by atoms with Gasteiger partial charge < -0.3 is 36.9 Å². The zero-order valence-electron chi connectivity index (χ0n) is 40.5. The third-order valence-electron chi connectivity index (χ3n) is 7.13. The summed E-state index contributed by atoms with van der Waals surface area (Å²) in [6.45, 7) is 13.2. The van der Waals surface area contributed by atoms with Crippen LogP contribution in [0.3, 0.4) is 0 Å². The van der Waals surface area contributed by atoms with Crippen LogP contribution in [0.5, 0.6) is 0 Å². The van der Waals surface area contributed by atoms with Gasteiger partial charge in [0.25, 0.3) is 0 Å². The standard InChI is InChI=1S/2C10H10O3S.C8H8O2S.2C6H11NO2S.C4H9NOS.C3H6O/c2*1-7(11)14-9-4-2-8(3-5-9)6-10(12)13;9-8(10)5-6-1-3-7(11)4-2-6;1-4(8)6(7)3-10-5(2)9;1-4(8)6(3-10)7-5(2)9;1-3(6)4(5)2-7;1-3(2)4/h2*2-5H,6H2,1H3,(H,12,13);1-4,11H,5H2,(H,9,10);6H,3,7H2,1-2H3;6,10H,3H2,1-2H3,(H,7,9);4,7H,2,5H2,1H3;1-2H3/t;;;2*6-;;/m...00../s1. The number of carbonyl (C=O) groups excluding carboxylic acids is 8. The summed E-state index contributed by atoms with van der Waals surface area (Å²) < 4.78 is 0. The van der Waals surface area contributed by atoms with Crippen molar-refractivity contribution in [3.05, 3.63) is 89.5 Å². The highest BCUT2D eigenvalue weighted by atomic mass is 32.2. The predicted molar refractivity (Wildman–Crippen MR) is 286 cm³/mol. The van der Waals surface area contributed by atoms with Gasteiger partial charge in [-0.15, -0.1) is 12.6 Å². The Morgan fingerprint density at radius 1 is 0.500 bits per heavy atom. The second-order valence-electron chi connectivity index (χ2n) is 14.2. The number of thiol groups is 3. The summed E-state index contributed by atoms with van der Waals surface area (Å²) >= 11 is 15.1. The lowest BCUT2D eigenvalue weighted by Gasteiger charge is -2.10. The first-order valence-electron chi connectivity index (χ1n) is 20.5. The van der Waals surface area contributed by atoms with Gasteiger partial charge in [0.1, 0.15) is 17.3 Å². The van der Waals surface area contributed by atoms with Gasteiger partial charge in [-0.3, -0.25) is 47.9 Å². The maximum atomic E-state index is 10.7. The van der Waals surface area contributed by atoms with Gasteiger partial charge in [0.15, 0.2) is 21.1 Å². The van der Waals surface area contributed by atoms with Gasteiger partial charge in [0, 0.05) is 59.6 Å². The minimum Gasteiger partial charge on any atom is -0.481 e. The molecule has 70 heavy (non-hydrogen) atoms. The number of nitrogens with one attached hydrogen (secondary N) is 1. The van der Waals surface area contributed by atoms with E-state index in [9.17, 15) is 52.7 Å². The van der Waals surface area contributed by atoms with Crippen LogP contribution in [0.1, 0.15) is 79.0 Å². The van der Waals surface area contributed by atoms with Crippen molar-refractivity contribution >= 4 is 135 Å². The molecule has 23 heteroatoms. The molecule has 1 unspecified atom stereocenters. The Balaban J connectivity index is -0.000000372. The number of amides is 1. The van der Waals surface area contributed by atoms with Crippen LogP contribution in [-0.4, -0.2) is 113 Å². The number of nitrogens with two attached hydrogens (primary N) is 2. The Morgan fingerprint density at radius 3 is 1.00 bits per heavy atom. The number of hydrogen-bond donors (Lipinski definition) is 9. The molecule has 3 aromatic rings. The first-order valence-corrected chi connectivity index (χ1v) is 24.8. The summed E-state index contributed by atoms with van der Waals surface area (Å²) in [5, 5.41) is 28.0. The fourth-order valence-corrected chi connectivity index (χ4v) is 6.41. The van der Waals surface area contributed by atoms with E-state index in [1.807, 2.05) is 0 Å². The van der Waals surface area contributed by atoms with Crippen molar-refractivity contribution in [2.45, 2.75) is 114 Å². The Bertz CT molecular complexity index is 1980. The quantitative estimate of drug-likeness (QED) is 0.0576. The average Bonchev–Trinajstić information content (AvgIpc) is 3.23. The highest BCUT2D eigenvalue weighted by molar-refractivity contribution is 8.14. The van der Waals surface area contributed by atoms with Crippen LogP contribution in [0.4, 0.5) is 0 Å². The lowest BCUT2D eigenvalue weighted by atomic mass is 10.2. The summed E-state index contributed by atoms with van der Waals surface area (Å²) in [5.41, 5.74) is 12.8. The summed E-state index contributed by atoms with van der Waals surface area (Å²) in [7, 11) is 0. The van der Waals surface area contributed by atoms with E-state index in [4.69, 9.17) is 26.8 Å². The van der Waals surface area contributed by atoms with Crippen LogP contribution in [0.15, 0.2) is 87.5 Å². The third kappa shape index (κ3) is 49.7. The largest absolute Gasteiger partial charge is 0.481 e. The molecule has 0 saturated carbocycles. The van der Waals surface area contributed by atoms with E-state index in [0.29, 0.717) is 17.3 Å². The smallest absolute Gasteiger partial charge is 0.307 e. The van der Waals surface area contributed by atoms with E-state index in [1.165, 1.54) is 62.3 Å². The molecule has 3 atom stereocenters. The van der Waals surface area contributed by atoms with Crippen molar-refractivity contribution < 1.29 is 68.1 Å². The Labute approximate surface area is 438 Å². The van der Waals surface area contributed by atoms with E-state index in [2.05, 4.69) is 43.2 Å². The maximum absolute atomic E-state index is 10.7. The van der Waals surface area contributed by atoms with Crippen molar-refractivity contribution in [3.63, 3.8) is 0 Å². The number of benzene rings is 3. The molecule has 0 aliphatic carbocycles. The van der Waals surface area contributed by atoms with E-state index >= 15 is 0 Å². The van der Waals surface area contributed by atoms with Gasteiger partial charge in [-0.05, 0) is 87.7 Å². The first kappa shape index (κ1) is 71.8. The second-order valence-corrected chi connectivity index (χ2v) is 19.2. The summed E-state index contributed by atoms with van der Waals surface area (Å²) in [4.78, 5) is 117. The molecule has 3 rings (SSSR count). The van der Waals surface area contributed by atoms with Crippen LogP contribution in [0.25, 0.3) is 0 Å². The number of thioether (sulfide) groups is 3. The number of carboxylic acids is 3. The van der Waals surface area contributed by atoms with Crippen molar-refractivity contribution in [1.82, 2.24) is 5.32 Å². The molecule has 8 N–H and O–H groups in total. The van der Waals surface area contributed by atoms with Crippen molar-refractivity contribution in [2.24, 2.45) is 11.5 Å². The van der Waals surface area contributed by atoms with Gasteiger partial charge in [-0.1, -0.05) is 71.7 Å². The number of Topliss-reactive ketones (excluding diaryl/α,β-unsaturated/α-hetero) is 4. The molecule has 1 amide bonds. The molecule has 0 heterocycles. The lowest BCUT2D eigenvalue weighted by Crippen LogP contribution is -2.39. The zero-order chi connectivity index (χ0) is 55.1. The van der Waals surface area contributed by atoms with Crippen molar-refractivity contribution in [1.29, 1.82) is 0 Å². The van der Waals surface area contributed by atoms with E-state index in [1.54, 1.807) is 72.8 Å². The topological polar surface area (TPSA) is 313 Å². The monoisotopic (exact) mass is 1090 g/mol. The minimum absolute atomic E-state index is 0.00306. The van der Waals surface area contributed by atoms with Gasteiger partial charge in [0.2, 0.25) is 5.91 Å². The Morgan fingerprint density at radius 2 is 0.814 bits per heavy atom. The number of ketones is 4. The van der Waals surface area contributed by atoms with E-state index in [0.717, 1.165) is 66.7 Å².